The number of hydrogen-bond donors (Lipinski definition) is 2. The van der Waals surface area contributed by atoms with Crippen molar-refractivity contribution in [2.45, 2.75) is 13.0 Å². The van der Waals surface area contributed by atoms with Crippen molar-refractivity contribution in [3.63, 3.8) is 0 Å². The SMILES string of the molecule is Cc1ccc(OCC(O)CNc2cccc(I)c2)cc1. The second-order valence-electron chi connectivity index (χ2n) is 4.67. The van der Waals surface area contributed by atoms with Crippen molar-refractivity contribution in [1.29, 1.82) is 0 Å². The first-order chi connectivity index (χ1) is 9.63. The van der Waals surface area contributed by atoms with Gasteiger partial charge in [0.05, 0.1) is 0 Å². The molecule has 2 rings (SSSR count). The van der Waals surface area contributed by atoms with Crippen LogP contribution in [0.2, 0.25) is 0 Å². The number of aryl methyl sites for hydroxylation is 1. The summed E-state index contributed by atoms with van der Waals surface area (Å²) in [6.07, 6.45) is -0.547. The summed E-state index contributed by atoms with van der Waals surface area (Å²) in [6, 6.07) is 15.8. The van der Waals surface area contributed by atoms with Gasteiger partial charge in [-0.2, -0.15) is 0 Å². The van der Waals surface area contributed by atoms with E-state index in [0.717, 1.165) is 15.0 Å². The maximum Gasteiger partial charge on any atom is 0.119 e. The van der Waals surface area contributed by atoms with E-state index in [4.69, 9.17) is 4.74 Å². The molecular formula is C16H18INO2. The van der Waals surface area contributed by atoms with E-state index >= 15 is 0 Å². The van der Waals surface area contributed by atoms with Gasteiger partial charge in [0.2, 0.25) is 0 Å². The largest absolute Gasteiger partial charge is 0.491 e. The van der Waals surface area contributed by atoms with Crippen molar-refractivity contribution >= 4 is 28.3 Å². The van der Waals surface area contributed by atoms with Crippen LogP contribution < -0.4 is 10.1 Å². The molecule has 0 spiro atoms. The molecule has 0 bridgehead atoms. The van der Waals surface area contributed by atoms with Crippen LogP contribution in [0.25, 0.3) is 0 Å². The number of nitrogens with one attached hydrogen (secondary N) is 1. The molecule has 0 fully saturated rings. The predicted octanol–water partition coefficient (Wildman–Crippen LogP) is 3.45. The monoisotopic (exact) mass is 383 g/mol. The summed E-state index contributed by atoms with van der Waals surface area (Å²) in [7, 11) is 0. The summed E-state index contributed by atoms with van der Waals surface area (Å²) in [5.41, 5.74) is 2.20. The first-order valence-electron chi connectivity index (χ1n) is 6.50. The third kappa shape index (κ3) is 5.02. The lowest BCUT2D eigenvalue weighted by molar-refractivity contribution is 0.117. The fourth-order valence-electron chi connectivity index (χ4n) is 1.72. The number of rotatable bonds is 6. The van der Waals surface area contributed by atoms with Gasteiger partial charge in [-0.3, -0.25) is 0 Å². The molecule has 1 unspecified atom stereocenters. The molecule has 0 aliphatic carbocycles. The number of benzene rings is 2. The van der Waals surface area contributed by atoms with E-state index in [-0.39, 0.29) is 6.61 Å². The van der Waals surface area contributed by atoms with Crippen LogP contribution in [-0.4, -0.2) is 24.4 Å². The summed E-state index contributed by atoms with van der Waals surface area (Å²) in [5.74, 6) is 0.781. The van der Waals surface area contributed by atoms with Crippen LogP contribution in [0.15, 0.2) is 48.5 Å². The number of aliphatic hydroxyl groups is 1. The average molecular weight is 383 g/mol. The van der Waals surface area contributed by atoms with Crippen LogP contribution in [0, 0.1) is 10.5 Å². The van der Waals surface area contributed by atoms with Crippen LogP contribution in [0.5, 0.6) is 5.75 Å². The zero-order valence-electron chi connectivity index (χ0n) is 11.3. The molecule has 2 aromatic carbocycles. The van der Waals surface area contributed by atoms with E-state index in [0.29, 0.717) is 6.54 Å². The first kappa shape index (κ1) is 15.1. The molecule has 0 radical (unpaired) electrons. The standard InChI is InChI=1S/C16H18INO2/c1-12-5-7-16(8-6-12)20-11-15(19)10-18-14-4-2-3-13(17)9-14/h2-9,15,18-19H,10-11H2,1H3. The van der Waals surface area contributed by atoms with Gasteiger partial charge in [-0.1, -0.05) is 23.8 Å². The Kier molecular flexibility index (Phi) is 5.67. The number of hydrogen-bond acceptors (Lipinski definition) is 3. The van der Waals surface area contributed by atoms with Gasteiger partial charge in [0.15, 0.2) is 0 Å². The molecule has 0 amide bonds. The van der Waals surface area contributed by atoms with Crippen LogP contribution in [-0.2, 0) is 0 Å². The third-order valence-corrected chi connectivity index (χ3v) is 3.50. The van der Waals surface area contributed by atoms with Gasteiger partial charge in [-0.15, -0.1) is 0 Å². The van der Waals surface area contributed by atoms with Crippen molar-refractivity contribution in [2.24, 2.45) is 0 Å². The second-order valence-corrected chi connectivity index (χ2v) is 5.91. The molecule has 0 saturated carbocycles. The van der Waals surface area contributed by atoms with E-state index in [2.05, 4.69) is 27.9 Å². The number of anilines is 1. The number of aliphatic hydroxyl groups excluding tert-OH is 1. The van der Waals surface area contributed by atoms with Crippen molar-refractivity contribution < 1.29 is 9.84 Å². The minimum absolute atomic E-state index is 0.278. The molecule has 2 N–H and O–H groups in total. The fraction of sp³-hybridized carbons (Fsp3) is 0.250. The van der Waals surface area contributed by atoms with Gasteiger partial charge < -0.3 is 15.2 Å². The summed E-state index contributed by atoms with van der Waals surface area (Å²) in [6.45, 7) is 2.77. The lowest BCUT2D eigenvalue weighted by Gasteiger charge is -2.14. The molecule has 0 aliphatic rings. The zero-order valence-corrected chi connectivity index (χ0v) is 13.5. The van der Waals surface area contributed by atoms with Crippen molar-refractivity contribution in [2.75, 3.05) is 18.5 Å². The van der Waals surface area contributed by atoms with Crippen molar-refractivity contribution in [3.05, 3.63) is 57.7 Å². The Morgan fingerprint density at radius 1 is 1.20 bits per heavy atom. The summed E-state index contributed by atoms with van der Waals surface area (Å²) < 4.78 is 6.71. The van der Waals surface area contributed by atoms with E-state index in [1.165, 1.54) is 5.56 Å². The quantitative estimate of drug-likeness (QED) is 0.751. The zero-order chi connectivity index (χ0) is 14.4. The molecule has 3 nitrogen and oxygen atoms in total. The lowest BCUT2D eigenvalue weighted by atomic mass is 10.2. The molecule has 4 heteroatoms. The van der Waals surface area contributed by atoms with Gasteiger partial charge in [0, 0.05) is 15.8 Å². The Labute approximate surface area is 133 Å². The molecule has 0 aromatic heterocycles. The molecular weight excluding hydrogens is 365 g/mol. The summed E-state index contributed by atoms with van der Waals surface area (Å²) in [4.78, 5) is 0. The molecule has 106 valence electrons. The highest BCUT2D eigenvalue weighted by molar-refractivity contribution is 14.1. The Morgan fingerprint density at radius 2 is 1.95 bits per heavy atom. The Balaban J connectivity index is 1.75. The molecule has 2 aromatic rings. The van der Waals surface area contributed by atoms with E-state index in [1.807, 2.05) is 55.5 Å². The topological polar surface area (TPSA) is 41.5 Å². The highest BCUT2D eigenvalue weighted by Gasteiger charge is 2.05. The van der Waals surface area contributed by atoms with E-state index in [9.17, 15) is 5.11 Å². The van der Waals surface area contributed by atoms with E-state index < -0.39 is 6.10 Å². The molecule has 0 aliphatic heterocycles. The Morgan fingerprint density at radius 3 is 2.65 bits per heavy atom. The van der Waals surface area contributed by atoms with Crippen molar-refractivity contribution in [1.82, 2.24) is 0 Å². The van der Waals surface area contributed by atoms with Gasteiger partial charge in [-0.25, -0.2) is 0 Å². The normalized spacial score (nSPS) is 11.9. The Bertz CT molecular complexity index is 542. The average Bonchev–Trinajstić information content (AvgIpc) is 2.45. The van der Waals surface area contributed by atoms with Gasteiger partial charge in [-0.05, 0) is 59.8 Å². The van der Waals surface area contributed by atoms with Crippen LogP contribution in [0.3, 0.4) is 0 Å². The summed E-state index contributed by atoms with van der Waals surface area (Å²) >= 11 is 2.26. The first-order valence-corrected chi connectivity index (χ1v) is 7.58. The van der Waals surface area contributed by atoms with Crippen LogP contribution in [0.4, 0.5) is 5.69 Å². The van der Waals surface area contributed by atoms with Crippen molar-refractivity contribution in [3.8, 4) is 5.75 Å². The molecule has 0 heterocycles. The predicted molar refractivity (Wildman–Crippen MR) is 90.3 cm³/mol. The van der Waals surface area contributed by atoms with Crippen LogP contribution >= 0.6 is 22.6 Å². The van der Waals surface area contributed by atoms with Gasteiger partial charge in [0.25, 0.3) is 0 Å². The highest BCUT2D eigenvalue weighted by Crippen LogP contribution is 2.13. The smallest absolute Gasteiger partial charge is 0.119 e. The van der Waals surface area contributed by atoms with E-state index in [1.54, 1.807) is 0 Å². The Hall–Kier alpha value is -1.27. The number of ether oxygens (including phenoxy) is 1. The lowest BCUT2D eigenvalue weighted by Crippen LogP contribution is -2.26. The fourth-order valence-corrected chi connectivity index (χ4v) is 2.26. The molecule has 20 heavy (non-hydrogen) atoms. The van der Waals surface area contributed by atoms with Gasteiger partial charge in [0.1, 0.15) is 18.5 Å². The maximum absolute atomic E-state index is 9.91. The maximum atomic E-state index is 9.91. The highest BCUT2D eigenvalue weighted by atomic mass is 127. The van der Waals surface area contributed by atoms with Gasteiger partial charge >= 0.3 is 0 Å². The summed E-state index contributed by atoms with van der Waals surface area (Å²) in [5, 5.41) is 13.1. The van der Waals surface area contributed by atoms with Crippen LogP contribution in [0.1, 0.15) is 5.56 Å². The minimum atomic E-state index is -0.547. The number of halogens is 1. The molecule has 1 atom stereocenters. The molecule has 0 saturated heterocycles. The third-order valence-electron chi connectivity index (χ3n) is 2.83. The second kappa shape index (κ2) is 7.50. The minimum Gasteiger partial charge on any atom is -0.491 e.